The molecule has 1 amide bonds. The van der Waals surface area contributed by atoms with Crippen LogP contribution in [0.3, 0.4) is 0 Å². The summed E-state index contributed by atoms with van der Waals surface area (Å²) in [5.41, 5.74) is 0.408. The van der Waals surface area contributed by atoms with Crippen LogP contribution in [0.5, 0.6) is 0 Å². The molecule has 0 aliphatic carbocycles. The topological polar surface area (TPSA) is 66.5 Å². The molecule has 0 aromatic heterocycles. The molecule has 3 rings (SSSR count). The number of rotatable bonds is 4. The van der Waals surface area contributed by atoms with E-state index in [1.807, 2.05) is 19.1 Å². The van der Waals surface area contributed by atoms with E-state index in [1.165, 1.54) is 0 Å². The summed E-state index contributed by atoms with van der Waals surface area (Å²) in [6, 6.07) is 9.85. The van der Waals surface area contributed by atoms with Crippen LogP contribution in [0.2, 0.25) is 5.02 Å². The van der Waals surface area contributed by atoms with Crippen LogP contribution in [0.25, 0.3) is 0 Å². The molecule has 1 heterocycles. The number of nitrogens with zero attached hydrogens (tertiary/aromatic N) is 1. The van der Waals surface area contributed by atoms with Crippen LogP contribution < -0.4 is 5.32 Å². The number of nitrogens with one attached hydrogen (secondary N) is 1. The van der Waals surface area contributed by atoms with Crippen LogP contribution in [0.15, 0.2) is 47.4 Å². The molecule has 1 N–H and O–H groups in total. The largest absolute Gasteiger partial charge is 0.417 e. The molecule has 30 heavy (non-hydrogen) atoms. The summed E-state index contributed by atoms with van der Waals surface area (Å²) < 4.78 is 65.9. The van der Waals surface area contributed by atoms with E-state index in [9.17, 15) is 26.4 Å². The number of carbonyl (C=O) groups excluding carboxylic acids is 1. The number of carbonyl (C=O) groups is 1. The molecule has 2 aromatic rings. The SMILES string of the molecule is Cc1ccccc1NC(=O)C1CCN(S(=O)(=O)c2ccc(Cl)c(C(F)(F)F)c2)CC1. The quantitative estimate of drug-likeness (QED) is 0.718. The van der Waals surface area contributed by atoms with Crippen LogP contribution in [0, 0.1) is 12.8 Å². The maximum atomic E-state index is 13.1. The minimum Gasteiger partial charge on any atom is -0.326 e. The molecule has 0 spiro atoms. The molecule has 1 aliphatic heterocycles. The third-order valence-corrected chi connectivity index (χ3v) is 7.33. The second-order valence-corrected chi connectivity index (χ2v) is 9.47. The Morgan fingerprint density at radius 3 is 2.37 bits per heavy atom. The van der Waals surface area contributed by atoms with E-state index < -0.39 is 31.7 Å². The monoisotopic (exact) mass is 460 g/mol. The first-order valence-corrected chi connectivity index (χ1v) is 11.1. The highest BCUT2D eigenvalue weighted by atomic mass is 35.5. The van der Waals surface area contributed by atoms with Crippen LogP contribution in [0.4, 0.5) is 18.9 Å². The number of sulfonamides is 1. The van der Waals surface area contributed by atoms with Crippen molar-refractivity contribution in [3.05, 3.63) is 58.6 Å². The van der Waals surface area contributed by atoms with Gasteiger partial charge in [-0.2, -0.15) is 17.5 Å². The van der Waals surface area contributed by atoms with Crippen molar-refractivity contribution in [1.82, 2.24) is 4.31 Å². The van der Waals surface area contributed by atoms with Gasteiger partial charge in [0.1, 0.15) is 0 Å². The molecule has 0 unspecified atom stereocenters. The number of hydrogen-bond donors (Lipinski definition) is 1. The van der Waals surface area contributed by atoms with Crippen molar-refractivity contribution in [2.45, 2.75) is 30.8 Å². The maximum Gasteiger partial charge on any atom is 0.417 e. The lowest BCUT2D eigenvalue weighted by molar-refractivity contribution is -0.137. The average Bonchev–Trinajstić information content (AvgIpc) is 2.69. The van der Waals surface area contributed by atoms with Crippen molar-refractivity contribution in [2.75, 3.05) is 18.4 Å². The Morgan fingerprint density at radius 1 is 1.13 bits per heavy atom. The third kappa shape index (κ3) is 4.79. The Labute approximate surface area is 177 Å². The van der Waals surface area contributed by atoms with E-state index >= 15 is 0 Å². The van der Waals surface area contributed by atoms with E-state index in [2.05, 4.69) is 5.32 Å². The van der Waals surface area contributed by atoms with Gasteiger partial charge in [-0.3, -0.25) is 4.79 Å². The van der Waals surface area contributed by atoms with Crippen LogP contribution in [0.1, 0.15) is 24.0 Å². The van der Waals surface area contributed by atoms with E-state index in [-0.39, 0.29) is 37.8 Å². The molecule has 1 saturated heterocycles. The van der Waals surface area contributed by atoms with Gasteiger partial charge in [0.2, 0.25) is 15.9 Å². The zero-order valence-electron chi connectivity index (χ0n) is 16.0. The molecule has 162 valence electrons. The van der Waals surface area contributed by atoms with Crippen molar-refractivity contribution in [2.24, 2.45) is 5.92 Å². The van der Waals surface area contributed by atoms with Gasteiger partial charge < -0.3 is 5.32 Å². The Kier molecular flexibility index (Phi) is 6.45. The standard InChI is InChI=1S/C20H20ClF3N2O3S/c1-13-4-2-3-5-18(13)25-19(27)14-8-10-26(11-9-14)30(28,29)15-6-7-17(21)16(12-15)20(22,23)24/h2-7,12,14H,8-11H2,1H3,(H,25,27). The lowest BCUT2D eigenvalue weighted by Gasteiger charge is -2.30. The Morgan fingerprint density at radius 2 is 1.77 bits per heavy atom. The fourth-order valence-electron chi connectivity index (χ4n) is 3.34. The molecule has 10 heteroatoms. The first kappa shape index (κ1) is 22.6. The second-order valence-electron chi connectivity index (χ2n) is 7.12. The number of amides is 1. The second kappa shape index (κ2) is 8.56. The van der Waals surface area contributed by atoms with E-state index in [4.69, 9.17) is 11.6 Å². The smallest absolute Gasteiger partial charge is 0.326 e. The highest BCUT2D eigenvalue weighted by Crippen LogP contribution is 2.37. The minimum absolute atomic E-state index is 0.0399. The lowest BCUT2D eigenvalue weighted by Crippen LogP contribution is -2.41. The predicted molar refractivity (Wildman–Crippen MR) is 108 cm³/mol. The van der Waals surface area contributed by atoms with Crippen molar-refractivity contribution in [3.8, 4) is 0 Å². The molecule has 1 aliphatic rings. The molecular formula is C20H20ClF3N2O3S. The minimum atomic E-state index is -4.76. The summed E-state index contributed by atoms with van der Waals surface area (Å²) in [5.74, 6) is -0.584. The molecule has 0 radical (unpaired) electrons. The Bertz CT molecular complexity index is 1050. The lowest BCUT2D eigenvalue weighted by atomic mass is 9.97. The first-order chi connectivity index (χ1) is 14.0. The molecule has 1 fully saturated rings. The number of benzene rings is 2. The van der Waals surface area contributed by atoms with Gasteiger partial charge >= 0.3 is 6.18 Å². The van der Waals surface area contributed by atoms with Crippen LogP contribution in [-0.2, 0) is 21.0 Å². The molecule has 0 bridgehead atoms. The number of halogens is 4. The predicted octanol–water partition coefficient (Wildman–Crippen LogP) is 4.71. The summed E-state index contributed by atoms with van der Waals surface area (Å²) in [4.78, 5) is 12.0. The van der Waals surface area contributed by atoms with Gasteiger partial charge in [0.15, 0.2) is 0 Å². The number of anilines is 1. The fraction of sp³-hybridized carbons (Fsp3) is 0.350. The van der Waals surface area contributed by atoms with Gasteiger partial charge in [-0.15, -0.1) is 0 Å². The van der Waals surface area contributed by atoms with Gasteiger partial charge in [-0.25, -0.2) is 8.42 Å². The molecule has 5 nitrogen and oxygen atoms in total. The zero-order chi connectivity index (χ0) is 22.1. The number of hydrogen-bond acceptors (Lipinski definition) is 3. The summed E-state index contributed by atoms with van der Waals surface area (Å²) in [6.45, 7) is 1.95. The van der Waals surface area contributed by atoms with Crippen molar-refractivity contribution < 1.29 is 26.4 Å². The molecule has 0 saturated carbocycles. The molecule has 0 atom stereocenters. The van der Waals surface area contributed by atoms with E-state index in [1.54, 1.807) is 12.1 Å². The van der Waals surface area contributed by atoms with Crippen molar-refractivity contribution in [1.29, 1.82) is 0 Å². The van der Waals surface area contributed by atoms with Gasteiger partial charge in [0.05, 0.1) is 15.5 Å². The number of aryl methyl sites for hydroxylation is 1. The number of piperidine rings is 1. The number of para-hydroxylation sites is 1. The first-order valence-electron chi connectivity index (χ1n) is 9.23. The van der Waals surface area contributed by atoms with E-state index in [0.29, 0.717) is 11.8 Å². The summed E-state index contributed by atoms with van der Waals surface area (Å²) in [6.07, 6.45) is -4.21. The average molecular weight is 461 g/mol. The van der Waals surface area contributed by atoms with E-state index in [0.717, 1.165) is 22.0 Å². The summed E-state index contributed by atoms with van der Waals surface area (Å²) in [7, 11) is -4.13. The van der Waals surface area contributed by atoms with Crippen molar-refractivity contribution in [3.63, 3.8) is 0 Å². The Hall–Kier alpha value is -2.10. The number of alkyl halides is 3. The normalized spacial score (nSPS) is 16.4. The fourth-order valence-corrected chi connectivity index (χ4v) is 5.06. The van der Waals surface area contributed by atoms with Crippen molar-refractivity contribution >= 4 is 33.2 Å². The van der Waals surface area contributed by atoms with Gasteiger partial charge in [-0.05, 0) is 49.6 Å². The maximum absolute atomic E-state index is 13.1. The van der Waals surface area contributed by atoms with Crippen LogP contribution in [-0.4, -0.2) is 31.7 Å². The summed E-state index contributed by atoms with van der Waals surface area (Å²) in [5, 5.41) is 2.29. The zero-order valence-corrected chi connectivity index (χ0v) is 17.6. The summed E-state index contributed by atoms with van der Waals surface area (Å²) >= 11 is 5.58. The Balaban J connectivity index is 1.70. The molecular weight excluding hydrogens is 441 g/mol. The van der Waals surface area contributed by atoms with Gasteiger partial charge in [-0.1, -0.05) is 29.8 Å². The van der Waals surface area contributed by atoms with Gasteiger partial charge in [0, 0.05) is 24.7 Å². The third-order valence-electron chi connectivity index (χ3n) is 5.11. The highest BCUT2D eigenvalue weighted by Gasteiger charge is 2.37. The molecule has 2 aromatic carbocycles. The highest BCUT2D eigenvalue weighted by molar-refractivity contribution is 7.89. The van der Waals surface area contributed by atoms with Gasteiger partial charge in [0.25, 0.3) is 0 Å². The van der Waals surface area contributed by atoms with Crippen LogP contribution >= 0.6 is 11.6 Å².